The molecule has 0 aliphatic heterocycles. The van der Waals surface area contributed by atoms with E-state index in [1.165, 1.54) is 12.1 Å². The minimum absolute atomic E-state index is 0.139. The quantitative estimate of drug-likeness (QED) is 0.772. The number of aromatic nitrogens is 2. The maximum atomic E-state index is 13.2. The second-order valence-corrected chi connectivity index (χ2v) is 5.06. The van der Waals surface area contributed by atoms with E-state index < -0.39 is 11.6 Å². The normalized spacial score (nSPS) is 11.0. The summed E-state index contributed by atoms with van der Waals surface area (Å²) in [5.41, 5.74) is 0.900. The predicted octanol–water partition coefficient (Wildman–Crippen LogP) is 4.31. The molecule has 2 aromatic rings. The molecule has 5 heteroatoms. The van der Waals surface area contributed by atoms with Crippen LogP contribution < -0.4 is 0 Å². The topological polar surface area (TPSA) is 25.8 Å². The Morgan fingerprint density at radius 1 is 1.00 bits per heavy atom. The van der Waals surface area contributed by atoms with Crippen molar-refractivity contribution in [3.05, 3.63) is 46.3 Å². The van der Waals surface area contributed by atoms with E-state index in [9.17, 15) is 8.78 Å². The molecule has 18 heavy (non-hydrogen) atoms. The second-order valence-electron chi connectivity index (χ2n) is 4.25. The van der Waals surface area contributed by atoms with E-state index in [1.807, 2.05) is 13.8 Å². The van der Waals surface area contributed by atoms with Gasteiger partial charge >= 0.3 is 0 Å². The van der Waals surface area contributed by atoms with Gasteiger partial charge in [0.15, 0.2) is 0 Å². The first-order chi connectivity index (χ1) is 8.45. The standard InChI is InChI=1S/C13H11BrF2N2/c1-7(2)13-17-11(6-12(14)18-13)8-3-9(15)5-10(16)4-8/h3-7H,1-2H3. The lowest BCUT2D eigenvalue weighted by Gasteiger charge is -2.08. The molecule has 0 radical (unpaired) electrons. The van der Waals surface area contributed by atoms with Crippen LogP contribution in [0, 0.1) is 11.6 Å². The van der Waals surface area contributed by atoms with Crippen LogP contribution in [0.4, 0.5) is 8.78 Å². The van der Waals surface area contributed by atoms with E-state index >= 15 is 0 Å². The number of hydrogen-bond acceptors (Lipinski definition) is 2. The Kier molecular flexibility index (Phi) is 3.71. The van der Waals surface area contributed by atoms with Gasteiger partial charge in [0.2, 0.25) is 0 Å². The number of nitrogens with zero attached hydrogens (tertiary/aromatic N) is 2. The molecular formula is C13H11BrF2N2. The molecule has 94 valence electrons. The zero-order chi connectivity index (χ0) is 13.3. The van der Waals surface area contributed by atoms with Crippen LogP contribution in [0.5, 0.6) is 0 Å². The monoisotopic (exact) mass is 312 g/mol. The average Bonchev–Trinajstić information content (AvgIpc) is 2.26. The van der Waals surface area contributed by atoms with Gasteiger partial charge < -0.3 is 0 Å². The molecule has 2 rings (SSSR count). The molecule has 0 fully saturated rings. The van der Waals surface area contributed by atoms with Crippen LogP contribution in [0.3, 0.4) is 0 Å². The van der Waals surface area contributed by atoms with Gasteiger partial charge in [0.05, 0.1) is 5.69 Å². The number of benzene rings is 1. The van der Waals surface area contributed by atoms with Crippen molar-refractivity contribution in [3.63, 3.8) is 0 Å². The first kappa shape index (κ1) is 13.1. The molecule has 0 saturated carbocycles. The summed E-state index contributed by atoms with van der Waals surface area (Å²) in [5.74, 6) is -0.472. The number of rotatable bonds is 2. The lowest BCUT2D eigenvalue weighted by Crippen LogP contribution is -2.00. The Labute approximate surface area is 112 Å². The highest BCUT2D eigenvalue weighted by molar-refractivity contribution is 9.10. The smallest absolute Gasteiger partial charge is 0.132 e. The maximum absolute atomic E-state index is 13.2. The fraction of sp³-hybridized carbons (Fsp3) is 0.231. The molecule has 0 amide bonds. The molecule has 0 spiro atoms. The predicted molar refractivity (Wildman–Crippen MR) is 69.2 cm³/mol. The fourth-order valence-corrected chi connectivity index (χ4v) is 1.94. The lowest BCUT2D eigenvalue weighted by molar-refractivity contribution is 0.584. The van der Waals surface area contributed by atoms with Gasteiger partial charge in [-0.05, 0) is 34.1 Å². The van der Waals surface area contributed by atoms with Gasteiger partial charge in [-0.1, -0.05) is 13.8 Å². The molecule has 1 heterocycles. The zero-order valence-corrected chi connectivity index (χ0v) is 11.5. The Morgan fingerprint density at radius 3 is 2.17 bits per heavy atom. The highest BCUT2D eigenvalue weighted by Crippen LogP contribution is 2.24. The van der Waals surface area contributed by atoms with Crippen molar-refractivity contribution in [3.8, 4) is 11.3 Å². The third-order valence-corrected chi connectivity index (χ3v) is 2.79. The molecule has 0 N–H and O–H groups in total. The highest BCUT2D eigenvalue weighted by atomic mass is 79.9. The molecule has 0 bridgehead atoms. The van der Waals surface area contributed by atoms with Crippen molar-refractivity contribution < 1.29 is 8.78 Å². The van der Waals surface area contributed by atoms with Crippen LogP contribution in [0.1, 0.15) is 25.6 Å². The van der Waals surface area contributed by atoms with Gasteiger partial charge in [0.1, 0.15) is 22.1 Å². The maximum Gasteiger partial charge on any atom is 0.132 e. The van der Waals surface area contributed by atoms with E-state index in [1.54, 1.807) is 6.07 Å². The van der Waals surface area contributed by atoms with Crippen molar-refractivity contribution >= 4 is 15.9 Å². The summed E-state index contributed by atoms with van der Waals surface area (Å²) in [4.78, 5) is 8.53. The van der Waals surface area contributed by atoms with Crippen LogP contribution in [0.25, 0.3) is 11.3 Å². The Bertz CT molecular complexity index is 565. The molecule has 0 atom stereocenters. The highest BCUT2D eigenvalue weighted by Gasteiger charge is 2.10. The van der Waals surface area contributed by atoms with Gasteiger partial charge in [-0.25, -0.2) is 18.7 Å². The van der Waals surface area contributed by atoms with Crippen molar-refractivity contribution in [1.29, 1.82) is 0 Å². The second kappa shape index (κ2) is 5.10. The first-order valence-electron chi connectivity index (χ1n) is 5.46. The van der Waals surface area contributed by atoms with Crippen LogP contribution in [-0.2, 0) is 0 Å². The van der Waals surface area contributed by atoms with Crippen LogP contribution in [-0.4, -0.2) is 9.97 Å². The summed E-state index contributed by atoms with van der Waals surface area (Å²) in [5, 5.41) is 0. The Balaban J connectivity index is 2.56. The minimum Gasteiger partial charge on any atom is -0.233 e. The number of hydrogen-bond donors (Lipinski definition) is 0. The van der Waals surface area contributed by atoms with Gasteiger partial charge in [0.25, 0.3) is 0 Å². The van der Waals surface area contributed by atoms with E-state index in [-0.39, 0.29) is 5.92 Å². The van der Waals surface area contributed by atoms with Crippen molar-refractivity contribution in [2.24, 2.45) is 0 Å². The molecule has 1 aromatic heterocycles. The van der Waals surface area contributed by atoms with Crippen LogP contribution in [0.15, 0.2) is 28.9 Å². The van der Waals surface area contributed by atoms with Crippen molar-refractivity contribution in [1.82, 2.24) is 9.97 Å². The fourth-order valence-electron chi connectivity index (χ4n) is 1.54. The number of halogens is 3. The van der Waals surface area contributed by atoms with E-state index in [0.29, 0.717) is 21.7 Å². The summed E-state index contributed by atoms with van der Waals surface area (Å²) >= 11 is 3.28. The lowest BCUT2D eigenvalue weighted by atomic mass is 10.1. The molecule has 0 aliphatic rings. The van der Waals surface area contributed by atoms with Crippen LogP contribution in [0.2, 0.25) is 0 Å². The molecule has 0 saturated heterocycles. The van der Waals surface area contributed by atoms with Gasteiger partial charge in [0, 0.05) is 17.5 Å². The summed E-state index contributed by atoms with van der Waals surface area (Å²) in [6, 6.07) is 4.98. The summed E-state index contributed by atoms with van der Waals surface area (Å²) < 4.78 is 27.0. The molecular weight excluding hydrogens is 302 g/mol. The Morgan fingerprint density at radius 2 is 1.61 bits per heavy atom. The first-order valence-corrected chi connectivity index (χ1v) is 6.26. The largest absolute Gasteiger partial charge is 0.233 e. The average molecular weight is 313 g/mol. The molecule has 2 nitrogen and oxygen atoms in total. The van der Waals surface area contributed by atoms with E-state index in [0.717, 1.165) is 6.07 Å². The summed E-state index contributed by atoms with van der Waals surface area (Å²) in [6.07, 6.45) is 0. The van der Waals surface area contributed by atoms with Gasteiger partial charge in [-0.3, -0.25) is 0 Å². The molecule has 0 aliphatic carbocycles. The third-order valence-electron chi connectivity index (χ3n) is 2.39. The van der Waals surface area contributed by atoms with Gasteiger partial charge in [-0.15, -0.1) is 0 Å². The SMILES string of the molecule is CC(C)c1nc(Br)cc(-c2cc(F)cc(F)c2)n1. The molecule has 1 aromatic carbocycles. The molecule has 0 unspecified atom stereocenters. The minimum atomic E-state index is -0.620. The van der Waals surface area contributed by atoms with E-state index in [2.05, 4.69) is 25.9 Å². The summed E-state index contributed by atoms with van der Waals surface area (Å²) in [6.45, 7) is 3.91. The van der Waals surface area contributed by atoms with Crippen molar-refractivity contribution in [2.45, 2.75) is 19.8 Å². The Hall–Kier alpha value is -1.36. The van der Waals surface area contributed by atoms with Crippen LogP contribution >= 0.6 is 15.9 Å². The summed E-state index contributed by atoms with van der Waals surface area (Å²) in [7, 11) is 0. The zero-order valence-electron chi connectivity index (χ0n) is 9.92. The third kappa shape index (κ3) is 2.90. The van der Waals surface area contributed by atoms with Gasteiger partial charge in [-0.2, -0.15) is 0 Å². The van der Waals surface area contributed by atoms with Crippen molar-refractivity contribution in [2.75, 3.05) is 0 Å². The van der Waals surface area contributed by atoms with E-state index in [4.69, 9.17) is 0 Å².